The minimum atomic E-state index is -0.321. The molecule has 1 N–H and O–H groups in total. The van der Waals surface area contributed by atoms with Gasteiger partial charge in [0, 0.05) is 4.47 Å². The lowest BCUT2D eigenvalue weighted by molar-refractivity contribution is 0.0952. The maximum Gasteiger partial charge on any atom is 0.275 e. The summed E-state index contributed by atoms with van der Waals surface area (Å²) in [6.45, 7) is 1.99. The number of halogens is 1. The molecule has 0 aromatic heterocycles. The lowest BCUT2D eigenvalue weighted by Gasteiger charge is -2.07. The molecule has 0 aliphatic rings. The summed E-state index contributed by atoms with van der Waals surface area (Å²) in [5.74, 6) is 0.180. The van der Waals surface area contributed by atoms with E-state index in [1.807, 2.05) is 37.3 Å². The molecule has 5 heteroatoms. The highest BCUT2D eigenvalue weighted by Crippen LogP contribution is 2.22. The molecule has 4 nitrogen and oxygen atoms in total. The highest BCUT2D eigenvalue weighted by atomic mass is 79.9. The molecule has 0 atom stereocenters. The number of hydrogen-bond donors (Lipinski definition) is 1. The second-order valence-corrected chi connectivity index (χ2v) is 5.32. The van der Waals surface area contributed by atoms with Crippen molar-refractivity contribution in [1.82, 2.24) is 5.43 Å². The predicted octanol–water partition coefficient (Wildman–Crippen LogP) is 3.53. The molecule has 0 fully saturated rings. The number of hydrogen-bond acceptors (Lipinski definition) is 3. The first-order chi connectivity index (χ1) is 10.1. The average Bonchev–Trinajstić information content (AvgIpc) is 2.49. The largest absolute Gasteiger partial charge is 0.496 e. The van der Waals surface area contributed by atoms with Gasteiger partial charge in [-0.25, -0.2) is 5.43 Å². The molecule has 1 amide bonds. The number of methoxy groups -OCH3 is 1. The molecule has 2 aromatic carbocycles. The van der Waals surface area contributed by atoms with Gasteiger partial charge in [-0.2, -0.15) is 5.10 Å². The Morgan fingerprint density at radius 1 is 1.29 bits per heavy atom. The summed E-state index contributed by atoms with van der Waals surface area (Å²) in [5.41, 5.74) is 4.98. The van der Waals surface area contributed by atoms with Gasteiger partial charge in [0.25, 0.3) is 5.91 Å². The Kier molecular flexibility index (Phi) is 5.11. The number of carbonyl (C=O) groups is 1. The molecule has 0 aliphatic heterocycles. The Morgan fingerprint density at radius 2 is 2.05 bits per heavy atom. The molecule has 0 radical (unpaired) electrons. The predicted molar refractivity (Wildman–Crippen MR) is 86.9 cm³/mol. The molecule has 0 heterocycles. The molecule has 108 valence electrons. The van der Waals surface area contributed by atoms with Crippen LogP contribution in [0.25, 0.3) is 0 Å². The van der Waals surface area contributed by atoms with Gasteiger partial charge < -0.3 is 4.74 Å². The number of rotatable bonds is 4. The number of ether oxygens (including phenoxy) is 1. The lowest BCUT2D eigenvalue weighted by Crippen LogP contribution is -2.18. The molecule has 0 aliphatic carbocycles. The van der Waals surface area contributed by atoms with E-state index in [0.717, 1.165) is 15.6 Å². The number of amides is 1. The van der Waals surface area contributed by atoms with Gasteiger partial charge in [0.1, 0.15) is 5.75 Å². The van der Waals surface area contributed by atoms with E-state index >= 15 is 0 Å². The van der Waals surface area contributed by atoms with Gasteiger partial charge in [-0.15, -0.1) is 0 Å². The van der Waals surface area contributed by atoms with E-state index in [1.54, 1.807) is 18.3 Å². The number of hydrazone groups is 1. The summed E-state index contributed by atoms with van der Waals surface area (Å²) in [6.07, 6.45) is 1.62. The molecular weight excluding hydrogens is 332 g/mol. The van der Waals surface area contributed by atoms with Crippen molar-refractivity contribution in [2.45, 2.75) is 6.92 Å². The van der Waals surface area contributed by atoms with Crippen LogP contribution in [-0.4, -0.2) is 19.2 Å². The molecular formula is C16H15BrN2O2. The van der Waals surface area contributed by atoms with Crippen molar-refractivity contribution in [2.75, 3.05) is 7.11 Å². The number of benzene rings is 2. The van der Waals surface area contributed by atoms with E-state index < -0.39 is 0 Å². The average molecular weight is 347 g/mol. The van der Waals surface area contributed by atoms with E-state index in [0.29, 0.717) is 11.3 Å². The summed E-state index contributed by atoms with van der Waals surface area (Å²) < 4.78 is 5.97. The smallest absolute Gasteiger partial charge is 0.275 e. The Hall–Kier alpha value is -2.14. The normalized spacial score (nSPS) is 10.6. The third kappa shape index (κ3) is 3.92. The second-order valence-electron chi connectivity index (χ2n) is 4.40. The van der Waals surface area contributed by atoms with Crippen molar-refractivity contribution in [1.29, 1.82) is 0 Å². The van der Waals surface area contributed by atoms with Crippen molar-refractivity contribution in [3.8, 4) is 5.75 Å². The van der Waals surface area contributed by atoms with E-state index in [4.69, 9.17) is 4.74 Å². The highest BCUT2D eigenvalue weighted by Gasteiger charge is 2.11. The summed E-state index contributed by atoms with van der Waals surface area (Å²) in [7, 11) is 1.52. The van der Waals surface area contributed by atoms with Gasteiger partial charge in [-0.1, -0.05) is 40.2 Å². The van der Waals surface area contributed by atoms with Gasteiger partial charge in [-0.05, 0) is 36.2 Å². The standard InChI is InChI=1S/C16H15BrN2O2/c1-11-5-3-4-6-12(11)10-18-19-16(20)14-9-13(17)7-8-15(14)21-2/h3-10H,1-2H3,(H,19,20). The molecule has 21 heavy (non-hydrogen) atoms. The quantitative estimate of drug-likeness (QED) is 0.680. The van der Waals surface area contributed by atoms with E-state index in [1.165, 1.54) is 7.11 Å². The Morgan fingerprint density at radius 3 is 2.76 bits per heavy atom. The van der Waals surface area contributed by atoms with Crippen LogP contribution >= 0.6 is 15.9 Å². The second kappa shape index (κ2) is 7.04. The zero-order chi connectivity index (χ0) is 15.2. The van der Waals surface area contributed by atoms with Crippen LogP contribution in [0.15, 0.2) is 52.0 Å². The maximum absolute atomic E-state index is 12.1. The van der Waals surface area contributed by atoms with Crippen molar-refractivity contribution < 1.29 is 9.53 Å². The molecule has 2 aromatic rings. The van der Waals surface area contributed by atoms with Crippen molar-refractivity contribution >= 4 is 28.1 Å². The van der Waals surface area contributed by atoms with Crippen molar-refractivity contribution in [2.24, 2.45) is 5.10 Å². The number of carbonyl (C=O) groups excluding carboxylic acids is 1. The molecule has 0 saturated carbocycles. The van der Waals surface area contributed by atoms with Crippen LogP contribution in [0.3, 0.4) is 0 Å². The zero-order valence-electron chi connectivity index (χ0n) is 11.8. The Labute approximate surface area is 132 Å². The molecule has 2 rings (SSSR count). The van der Waals surface area contributed by atoms with E-state index in [2.05, 4.69) is 26.5 Å². The fourth-order valence-corrected chi connectivity index (χ4v) is 2.17. The van der Waals surface area contributed by atoms with Crippen LogP contribution in [0, 0.1) is 6.92 Å². The minimum Gasteiger partial charge on any atom is -0.496 e. The highest BCUT2D eigenvalue weighted by molar-refractivity contribution is 9.10. The summed E-state index contributed by atoms with van der Waals surface area (Å²) >= 11 is 3.33. The molecule has 0 spiro atoms. The first kappa shape index (κ1) is 15.3. The zero-order valence-corrected chi connectivity index (χ0v) is 13.3. The van der Waals surface area contributed by atoms with Gasteiger partial charge >= 0.3 is 0 Å². The Bertz CT molecular complexity index is 684. The fourth-order valence-electron chi connectivity index (χ4n) is 1.81. The summed E-state index contributed by atoms with van der Waals surface area (Å²) in [6, 6.07) is 13.0. The van der Waals surface area contributed by atoms with Gasteiger partial charge in [0.15, 0.2) is 0 Å². The third-order valence-corrected chi connectivity index (χ3v) is 3.46. The fraction of sp³-hybridized carbons (Fsp3) is 0.125. The van der Waals surface area contributed by atoms with Gasteiger partial charge in [0.2, 0.25) is 0 Å². The lowest BCUT2D eigenvalue weighted by atomic mass is 10.1. The van der Waals surface area contributed by atoms with Crippen LogP contribution in [0.2, 0.25) is 0 Å². The van der Waals surface area contributed by atoms with Crippen LogP contribution < -0.4 is 10.2 Å². The molecule has 0 saturated heterocycles. The van der Waals surface area contributed by atoms with E-state index in [-0.39, 0.29) is 5.91 Å². The summed E-state index contributed by atoms with van der Waals surface area (Å²) in [4.78, 5) is 12.1. The summed E-state index contributed by atoms with van der Waals surface area (Å²) in [5, 5.41) is 3.99. The van der Waals surface area contributed by atoms with Crippen LogP contribution in [0.5, 0.6) is 5.75 Å². The van der Waals surface area contributed by atoms with Gasteiger partial charge in [-0.3, -0.25) is 4.79 Å². The SMILES string of the molecule is COc1ccc(Br)cc1C(=O)NN=Cc1ccccc1C. The van der Waals surface area contributed by atoms with Gasteiger partial charge in [0.05, 0.1) is 18.9 Å². The monoisotopic (exact) mass is 346 g/mol. The number of nitrogens with zero attached hydrogens (tertiary/aromatic N) is 1. The first-order valence-corrected chi connectivity index (χ1v) is 7.13. The number of nitrogens with one attached hydrogen (secondary N) is 1. The van der Waals surface area contributed by atoms with Crippen LogP contribution in [0.4, 0.5) is 0 Å². The third-order valence-electron chi connectivity index (χ3n) is 2.96. The molecule has 0 bridgehead atoms. The van der Waals surface area contributed by atoms with Crippen LogP contribution in [0.1, 0.15) is 21.5 Å². The maximum atomic E-state index is 12.1. The molecule has 0 unspecified atom stereocenters. The van der Waals surface area contributed by atoms with Crippen molar-refractivity contribution in [3.05, 3.63) is 63.6 Å². The Balaban J connectivity index is 2.12. The van der Waals surface area contributed by atoms with Crippen molar-refractivity contribution in [3.63, 3.8) is 0 Å². The van der Waals surface area contributed by atoms with E-state index in [9.17, 15) is 4.79 Å². The number of aryl methyl sites for hydroxylation is 1. The topological polar surface area (TPSA) is 50.7 Å². The van der Waals surface area contributed by atoms with Crippen LogP contribution in [-0.2, 0) is 0 Å². The minimum absolute atomic E-state index is 0.321. The first-order valence-electron chi connectivity index (χ1n) is 6.34.